The smallest absolute Gasteiger partial charge is 0.270 e. The summed E-state index contributed by atoms with van der Waals surface area (Å²) < 4.78 is 34.2. The molecule has 1 N–H and O–H groups in total. The Morgan fingerprint density at radius 1 is 0.311 bits per heavy atom. The second-order valence-electron chi connectivity index (χ2n) is 19.3. The summed E-state index contributed by atoms with van der Waals surface area (Å²) in [6.07, 6.45) is 73.8. The van der Waals surface area contributed by atoms with E-state index in [0.717, 1.165) is 19.3 Å². The van der Waals surface area contributed by atoms with Crippen molar-refractivity contribution in [2.24, 2.45) is 0 Å². The maximum Gasteiger partial charge on any atom is 0.270 e. The van der Waals surface area contributed by atoms with E-state index in [1.54, 1.807) is 0 Å². The molecule has 0 aromatic heterocycles. The molecule has 0 bridgehead atoms. The quantitative estimate of drug-likeness (QED) is 0.0376. The summed E-state index contributed by atoms with van der Waals surface area (Å²) in [6, 6.07) is 0. The summed E-state index contributed by atoms with van der Waals surface area (Å²) in [5, 5.41) is 0. The number of rotatable bonds is 51. The van der Waals surface area contributed by atoms with Crippen LogP contribution in [0.3, 0.4) is 0 Å². The zero-order chi connectivity index (χ0) is 44.5. The average Bonchev–Trinajstić information content (AvgIpc) is 3.24. The van der Waals surface area contributed by atoms with Crippen LogP contribution < -0.4 is 0 Å². The summed E-state index contributed by atoms with van der Waals surface area (Å²) in [4.78, 5) is 0. The highest BCUT2D eigenvalue weighted by Crippen LogP contribution is 2.20. The van der Waals surface area contributed by atoms with Crippen LogP contribution in [0.1, 0.15) is 310 Å². The van der Waals surface area contributed by atoms with Crippen molar-refractivity contribution in [3.63, 3.8) is 0 Å². The van der Waals surface area contributed by atoms with Gasteiger partial charge in [0.2, 0.25) is 0 Å². The van der Waals surface area contributed by atoms with E-state index in [1.165, 1.54) is 270 Å². The topological polar surface area (TPSA) is 54.4 Å². The fourth-order valence-electron chi connectivity index (χ4n) is 8.83. The Morgan fingerprint density at radius 2 is 0.492 bits per heavy atom. The molecule has 0 unspecified atom stereocenters. The Labute approximate surface area is 384 Å². The lowest BCUT2D eigenvalue weighted by Crippen LogP contribution is -2.35. The van der Waals surface area contributed by atoms with Gasteiger partial charge in [0.1, 0.15) is 30.9 Å². The van der Waals surface area contributed by atoms with E-state index in [9.17, 15) is 13.0 Å². The molecule has 0 heterocycles. The molecule has 0 amide bonds. The van der Waals surface area contributed by atoms with Gasteiger partial charge in [0.15, 0.2) is 0 Å². The first-order valence-electron chi connectivity index (χ1n) is 27.7. The zero-order valence-electron chi connectivity index (χ0n) is 41.8. The van der Waals surface area contributed by atoms with E-state index in [-0.39, 0.29) is 5.75 Å². The van der Waals surface area contributed by atoms with Crippen molar-refractivity contribution >= 4 is 10.1 Å². The highest BCUT2D eigenvalue weighted by atomic mass is 32.2. The van der Waals surface area contributed by atoms with Gasteiger partial charge >= 0.3 is 0 Å². The van der Waals surface area contributed by atoms with E-state index in [1.807, 2.05) is 0 Å². The molecule has 0 atom stereocenters. The van der Waals surface area contributed by atoms with Crippen molar-refractivity contribution in [2.45, 2.75) is 310 Å². The zero-order valence-corrected chi connectivity index (χ0v) is 42.6. The van der Waals surface area contributed by atoms with Gasteiger partial charge in [0.25, 0.3) is 10.1 Å². The molecule has 362 valence electrons. The molecule has 0 rings (SSSR count). The maximum atomic E-state index is 12.0. The molecule has 0 saturated carbocycles. The van der Waals surface area contributed by atoms with Gasteiger partial charge in [-0.05, 0) is 56.8 Å². The maximum absolute atomic E-state index is 12.0. The Balaban J connectivity index is 4.84. The molecule has 61 heavy (non-hydrogen) atoms. The van der Waals surface area contributed by atoms with Gasteiger partial charge in [-0.2, -0.15) is 8.42 Å². The van der Waals surface area contributed by atoms with Gasteiger partial charge in [-0.15, -0.1) is 0 Å². The second kappa shape index (κ2) is 48.5. The fraction of sp³-hybridized carbons (Fsp3) is 0.893. The average molecular weight is 878 g/mol. The molecule has 0 saturated heterocycles. The molecule has 0 aromatic rings. The van der Waals surface area contributed by atoms with Gasteiger partial charge < -0.3 is 0 Å². The minimum absolute atomic E-state index is 0.234. The third kappa shape index (κ3) is 48.4. The van der Waals surface area contributed by atoms with E-state index < -0.39 is 10.1 Å². The molecule has 0 spiro atoms. The summed E-state index contributed by atoms with van der Waals surface area (Å²) in [6.45, 7) is 7.20. The second-order valence-corrected chi connectivity index (χ2v) is 20.9. The van der Waals surface area contributed by atoms with Crippen LogP contribution in [0.15, 0.2) is 36.8 Å². The van der Waals surface area contributed by atoms with Crippen molar-refractivity contribution in [2.75, 3.05) is 12.3 Å². The van der Waals surface area contributed by atoms with Crippen LogP contribution >= 0.6 is 0 Å². The van der Waals surface area contributed by atoms with Gasteiger partial charge in [-0.25, -0.2) is 4.48 Å². The van der Waals surface area contributed by atoms with E-state index in [0.29, 0.717) is 11.0 Å². The fourth-order valence-corrected chi connectivity index (χ4v) is 9.38. The molecule has 0 radical (unpaired) electrons. The monoisotopic (exact) mass is 877 g/mol. The van der Waals surface area contributed by atoms with Crippen molar-refractivity contribution in [3.8, 4) is 0 Å². The van der Waals surface area contributed by atoms with Crippen LogP contribution in [-0.2, 0) is 10.1 Å². The van der Waals surface area contributed by atoms with Gasteiger partial charge in [-0.3, -0.25) is 4.55 Å². The predicted molar refractivity (Wildman–Crippen MR) is 274 cm³/mol. The molecule has 0 aliphatic carbocycles. The van der Waals surface area contributed by atoms with Crippen LogP contribution in [0.2, 0.25) is 0 Å². The Bertz CT molecular complexity index is 947. The van der Waals surface area contributed by atoms with Crippen LogP contribution in [0, 0.1) is 0 Å². The SMILES string of the molecule is CCCCCCCCCCCCCCCC/C=C/[N+](/C=C/CCCCCCCCCCCCCCCC)(/C=C/CCCCCCCCCCCCCCCC)CCS(=O)(=O)O. The molecule has 0 fully saturated rings. The predicted octanol–water partition coefficient (Wildman–Crippen LogP) is 19.8. The first kappa shape index (κ1) is 60.1. The molecule has 0 aliphatic rings. The Kier molecular flexibility index (Phi) is 47.8. The van der Waals surface area contributed by atoms with Crippen molar-refractivity contribution in [1.82, 2.24) is 0 Å². The summed E-state index contributed by atoms with van der Waals surface area (Å²) in [5.41, 5.74) is 0. The first-order valence-corrected chi connectivity index (χ1v) is 29.4. The van der Waals surface area contributed by atoms with Crippen LogP contribution in [-0.4, -0.2) is 29.8 Å². The summed E-state index contributed by atoms with van der Waals surface area (Å²) in [7, 11) is -4.06. The van der Waals surface area contributed by atoms with Crippen LogP contribution in [0.5, 0.6) is 0 Å². The summed E-state index contributed by atoms with van der Waals surface area (Å²) >= 11 is 0. The molecule has 0 aliphatic heterocycles. The molecule has 0 aromatic carbocycles. The Morgan fingerprint density at radius 3 is 0.672 bits per heavy atom. The molecule has 4 nitrogen and oxygen atoms in total. The summed E-state index contributed by atoms with van der Waals surface area (Å²) in [5.74, 6) is -0.234. The largest absolute Gasteiger partial charge is 0.285 e. The molecule has 5 heteroatoms. The Hall–Kier alpha value is -0.910. The standard InChI is InChI=1S/C56H109NO3S/c1-4-7-10-13-16-19-22-25-28-31-34-37-40-43-46-49-52-57(55-56-61(58,59)60,53-50-47-44-41-38-35-32-29-26-23-20-17-14-11-8-5-2)54-51-48-45-42-39-36-33-30-27-24-21-18-15-12-9-6-3/h49-54H,4-48,55-56H2,1-3H3/p+1/b52-49+,53-50+,54-51+. The van der Waals surface area contributed by atoms with Crippen molar-refractivity contribution < 1.29 is 17.5 Å². The highest BCUT2D eigenvalue weighted by Gasteiger charge is 2.22. The first-order chi connectivity index (χ1) is 29.9. The van der Waals surface area contributed by atoms with Gasteiger partial charge in [-0.1, -0.05) is 271 Å². The molecular formula is C56H110NO3S+. The minimum atomic E-state index is -4.06. The lowest BCUT2D eigenvalue weighted by Gasteiger charge is -2.26. The molecular weight excluding hydrogens is 767 g/mol. The lowest BCUT2D eigenvalue weighted by atomic mass is 10.0. The van der Waals surface area contributed by atoms with Gasteiger partial charge in [0, 0.05) is 0 Å². The van der Waals surface area contributed by atoms with Crippen molar-refractivity contribution in [3.05, 3.63) is 36.8 Å². The number of hydrogen-bond acceptors (Lipinski definition) is 2. The normalized spacial score (nSPS) is 12.7. The third-order valence-corrected chi connectivity index (χ3v) is 13.8. The number of allylic oxidation sites excluding steroid dienone is 3. The van der Waals surface area contributed by atoms with E-state index >= 15 is 0 Å². The van der Waals surface area contributed by atoms with Crippen LogP contribution in [0.4, 0.5) is 0 Å². The number of quaternary nitrogens is 1. The lowest BCUT2D eigenvalue weighted by molar-refractivity contribution is -0.770. The van der Waals surface area contributed by atoms with Crippen molar-refractivity contribution in [1.29, 1.82) is 0 Å². The van der Waals surface area contributed by atoms with E-state index in [2.05, 4.69) is 57.6 Å². The number of unbranched alkanes of at least 4 members (excludes halogenated alkanes) is 42. The third-order valence-electron chi connectivity index (χ3n) is 13.1. The number of hydrogen-bond donors (Lipinski definition) is 1. The van der Waals surface area contributed by atoms with Crippen LogP contribution in [0.25, 0.3) is 0 Å². The van der Waals surface area contributed by atoms with Gasteiger partial charge in [0.05, 0.1) is 0 Å². The number of nitrogens with zero attached hydrogens (tertiary/aromatic N) is 1. The van der Waals surface area contributed by atoms with E-state index in [4.69, 9.17) is 0 Å². The highest BCUT2D eigenvalue weighted by molar-refractivity contribution is 7.85. The minimum Gasteiger partial charge on any atom is -0.285 e.